The summed E-state index contributed by atoms with van der Waals surface area (Å²) < 4.78 is 4.84. The van der Waals surface area contributed by atoms with Crippen LogP contribution in [0, 0.1) is 0 Å². The highest BCUT2D eigenvalue weighted by molar-refractivity contribution is 7.75. The lowest BCUT2D eigenvalue weighted by atomic mass is 10.5. The molecule has 0 aromatic rings. The van der Waals surface area contributed by atoms with Crippen LogP contribution in [0.5, 0.6) is 0 Å². The molecule has 0 unspecified atom stereocenters. The summed E-state index contributed by atoms with van der Waals surface area (Å²) in [5.41, 5.74) is 0.0683. The Balaban J connectivity index is 2.16. The van der Waals surface area contributed by atoms with Crippen molar-refractivity contribution >= 4 is 13.6 Å². The van der Waals surface area contributed by atoms with Gasteiger partial charge in [-0.2, -0.15) is 0 Å². The SMILES string of the molecule is CCOC(=O)P1CCC1. The molecule has 1 heterocycles. The Labute approximate surface area is 56.3 Å². The monoisotopic (exact) mass is 146 g/mol. The van der Waals surface area contributed by atoms with E-state index in [1.807, 2.05) is 6.92 Å². The molecule has 1 fully saturated rings. The molecular weight excluding hydrogens is 135 g/mol. The van der Waals surface area contributed by atoms with E-state index in [9.17, 15) is 4.79 Å². The number of hydrogen-bond acceptors (Lipinski definition) is 2. The molecule has 0 atom stereocenters. The van der Waals surface area contributed by atoms with Crippen LogP contribution in [0.15, 0.2) is 0 Å². The highest BCUT2D eigenvalue weighted by Gasteiger charge is 2.25. The van der Waals surface area contributed by atoms with Gasteiger partial charge in [0.2, 0.25) is 0 Å². The fourth-order valence-electron chi connectivity index (χ4n) is 0.714. The van der Waals surface area contributed by atoms with Gasteiger partial charge in [0.15, 0.2) is 0 Å². The molecule has 0 spiro atoms. The van der Waals surface area contributed by atoms with Crippen LogP contribution < -0.4 is 0 Å². The molecule has 0 bridgehead atoms. The summed E-state index contributed by atoms with van der Waals surface area (Å²) in [5.74, 6) is 0. The van der Waals surface area contributed by atoms with Gasteiger partial charge in [0.1, 0.15) is 0 Å². The summed E-state index contributed by atoms with van der Waals surface area (Å²) >= 11 is 0. The van der Waals surface area contributed by atoms with Crippen molar-refractivity contribution in [3.05, 3.63) is 0 Å². The maximum absolute atomic E-state index is 10.8. The second-order valence-electron chi connectivity index (χ2n) is 2.04. The zero-order valence-corrected chi connectivity index (χ0v) is 6.49. The van der Waals surface area contributed by atoms with Crippen molar-refractivity contribution in [1.82, 2.24) is 0 Å². The van der Waals surface area contributed by atoms with Gasteiger partial charge in [-0.25, -0.2) is 4.79 Å². The van der Waals surface area contributed by atoms with Crippen LogP contribution in [0.25, 0.3) is 0 Å². The molecule has 0 aromatic carbocycles. The third-order valence-electron chi connectivity index (χ3n) is 1.38. The molecule has 1 rings (SSSR count). The minimum absolute atomic E-state index is 0.0683. The molecule has 1 saturated heterocycles. The predicted octanol–water partition coefficient (Wildman–Crippen LogP) is 2.03. The minimum atomic E-state index is -0.326. The second kappa shape index (κ2) is 3.17. The van der Waals surface area contributed by atoms with Crippen LogP contribution in [0.2, 0.25) is 0 Å². The number of hydrogen-bond donors (Lipinski definition) is 0. The molecule has 0 amide bonds. The van der Waals surface area contributed by atoms with E-state index in [0.717, 1.165) is 12.3 Å². The molecule has 9 heavy (non-hydrogen) atoms. The highest BCUT2D eigenvalue weighted by Crippen LogP contribution is 2.47. The summed E-state index contributed by atoms with van der Waals surface area (Å²) in [6, 6.07) is 0. The zero-order valence-electron chi connectivity index (χ0n) is 5.59. The summed E-state index contributed by atoms with van der Waals surface area (Å²) in [5, 5.41) is 0. The normalized spacial score (nSPS) is 18.8. The fourth-order valence-corrected chi connectivity index (χ4v) is 2.02. The average Bonchev–Trinajstić information content (AvgIpc) is 1.60. The summed E-state index contributed by atoms with van der Waals surface area (Å²) in [6.45, 7) is 2.39. The molecule has 0 aliphatic carbocycles. The van der Waals surface area contributed by atoms with E-state index in [2.05, 4.69) is 0 Å². The molecule has 3 heteroatoms. The highest BCUT2D eigenvalue weighted by atomic mass is 31.1. The van der Waals surface area contributed by atoms with Crippen LogP contribution in [0.3, 0.4) is 0 Å². The van der Waals surface area contributed by atoms with Gasteiger partial charge in [0.05, 0.1) is 6.61 Å². The number of ether oxygens (including phenoxy) is 1. The van der Waals surface area contributed by atoms with Gasteiger partial charge in [0, 0.05) is 7.92 Å². The quantitative estimate of drug-likeness (QED) is 0.557. The van der Waals surface area contributed by atoms with Gasteiger partial charge in [-0.1, -0.05) is 0 Å². The van der Waals surface area contributed by atoms with Gasteiger partial charge >= 0.3 is 5.71 Å². The van der Waals surface area contributed by atoms with Crippen LogP contribution in [0.4, 0.5) is 4.79 Å². The van der Waals surface area contributed by atoms with E-state index < -0.39 is 0 Å². The molecule has 0 aromatic heterocycles. The van der Waals surface area contributed by atoms with Gasteiger partial charge in [-0.05, 0) is 25.7 Å². The Morgan fingerprint density at radius 2 is 2.33 bits per heavy atom. The third-order valence-corrected chi connectivity index (χ3v) is 3.74. The lowest BCUT2D eigenvalue weighted by molar-refractivity contribution is 0.179. The Morgan fingerprint density at radius 1 is 1.67 bits per heavy atom. The predicted molar refractivity (Wildman–Crippen MR) is 38.3 cm³/mol. The number of rotatable bonds is 2. The third kappa shape index (κ3) is 1.65. The van der Waals surface area contributed by atoms with E-state index in [-0.39, 0.29) is 13.6 Å². The maximum atomic E-state index is 10.8. The first-order valence-corrected chi connectivity index (χ1v) is 4.97. The van der Waals surface area contributed by atoms with Crippen LogP contribution >= 0.6 is 7.92 Å². The van der Waals surface area contributed by atoms with Crippen molar-refractivity contribution in [2.45, 2.75) is 13.3 Å². The van der Waals surface area contributed by atoms with Gasteiger partial charge in [-0.3, -0.25) is 0 Å². The first-order chi connectivity index (χ1) is 4.34. The Hall–Kier alpha value is -0.100. The Bertz CT molecular complexity index is 110. The molecule has 52 valence electrons. The standard InChI is InChI=1S/C6H11O2P/c1-2-8-6(7)9-4-3-5-9/h2-5H2,1H3. The summed E-state index contributed by atoms with van der Waals surface area (Å²) in [7, 11) is -0.326. The topological polar surface area (TPSA) is 26.3 Å². The maximum Gasteiger partial charge on any atom is 0.326 e. The van der Waals surface area contributed by atoms with Crippen molar-refractivity contribution in [3.63, 3.8) is 0 Å². The lowest BCUT2D eigenvalue weighted by Gasteiger charge is -2.22. The molecule has 1 aliphatic rings. The Morgan fingerprint density at radius 3 is 2.67 bits per heavy atom. The average molecular weight is 146 g/mol. The van der Waals surface area contributed by atoms with Gasteiger partial charge in [0.25, 0.3) is 0 Å². The molecule has 0 saturated carbocycles. The smallest absolute Gasteiger partial charge is 0.326 e. The largest absolute Gasteiger partial charge is 0.463 e. The van der Waals surface area contributed by atoms with E-state index >= 15 is 0 Å². The fraction of sp³-hybridized carbons (Fsp3) is 0.833. The first-order valence-electron chi connectivity index (χ1n) is 3.26. The zero-order chi connectivity index (χ0) is 6.69. The molecule has 2 nitrogen and oxygen atoms in total. The molecule has 1 aliphatic heterocycles. The second-order valence-corrected chi connectivity index (χ2v) is 4.38. The lowest BCUT2D eigenvalue weighted by Crippen LogP contribution is -2.13. The van der Waals surface area contributed by atoms with Crippen molar-refractivity contribution in [1.29, 1.82) is 0 Å². The van der Waals surface area contributed by atoms with E-state index in [0.29, 0.717) is 6.61 Å². The minimum Gasteiger partial charge on any atom is -0.463 e. The molecule has 0 N–H and O–H groups in total. The Kier molecular flexibility index (Phi) is 2.47. The van der Waals surface area contributed by atoms with Crippen molar-refractivity contribution in [3.8, 4) is 0 Å². The van der Waals surface area contributed by atoms with Crippen LogP contribution in [-0.4, -0.2) is 24.6 Å². The van der Waals surface area contributed by atoms with Crippen molar-refractivity contribution in [2.75, 3.05) is 18.9 Å². The number of carbonyl (C=O) groups is 1. The van der Waals surface area contributed by atoms with Gasteiger partial charge in [-0.15, -0.1) is 0 Å². The van der Waals surface area contributed by atoms with Crippen molar-refractivity contribution in [2.24, 2.45) is 0 Å². The van der Waals surface area contributed by atoms with E-state index in [4.69, 9.17) is 4.74 Å². The van der Waals surface area contributed by atoms with Gasteiger partial charge < -0.3 is 4.74 Å². The van der Waals surface area contributed by atoms with Crippen LogP contribution in [-0.2, 0) is 4.74 Å². The van der Waals surface area contributed by atoms with Crippen LogP contribution in [0.1, 0.15) is 13.3 Å². The summed E-state index contributed by atoms with van der Waals surface area (Å²) in [4.78, 5) is 10.8. The molecule has 0 radical (unpaired) electrons. The first kappa shape index (κ1) is 7.01. The van der Waals surface area contributed by atoms with E-state index in [1.54, 1.807) is 0 Å². The van der Waals surface area contributed by atoms with Crippen molar-refractivity contribution < 1.29 is 9.53 Å². The molecular formula is C6H11O2P. The number of carbonyl (C=O) groups excluding carboxylic acids is 1. The van der Waals surface area contributed by atoms with E-state index in [1.165, 1.54) is 6.42 Å². The summed E-state index contributed by atoms with van der Waals surface area (Å²) in [6.07, 6.45) is 3.44.